The number of fused-ring (bicyclic) bond motifs is 3. The standard InChI is InChI=1S/C43H46N8O7/c1-27-12-15-33-31(22-47-51(33)38-11-7-8-17-56-38)40(27)58-42-39-32(45-26-46-41(39)44-21-29-13-14-30(53-2)19-35(29)54-3)20-37(48-42)49-23-34-36(24-49)55-18-16-50(34)43(52)57-25-28-9-5-4-6-10-28/h4-6,9-10,12-15,19-20,22,26,34,36,38H,7-8,11,16-18,21,23-25H2,1-3H3,(H,44,45,46)/t34-,36-,38?/m0/s1. The lowest BCUT2D eigenvalue weighted by molar-refractivity contribution is -0.0441. The number of benzene rings is 3. The van der Waals surface area contributed by atoms with Gasteiger partial charge in [-0.05, 0) is 55.5 Å². The second-order valence-corrected chi connectivity index (χ2v) is 14.7. The van der Waals surface area contributed by atoms with Crippen molar-refractivity contribution in [3.05, 3.63) is 95.9 Å². The van der Waals surface area contributed by atoms with Gasteiger partial charge in [-0.2, -0.15) is 10.1 Å². The van der Waals surface area contributed by atoms with Crippen molar-refractivity contribution >= 4 is 39.5 Å². The molecule has 58 heavy (non-hydrogen) atoms. The number of hydrogen-bond acceptors (Lipinski definition) is 13. The van der Waals surface area contributed by atoms with E-state index in [4.69, 9.17) is 43.5 Å². The van der Waals surface area contributed by atoms with Gasteiger partial charge in [-0.15, -0.1) is 0 Å². The average Bonchev–Trinajstić information content (AvgIpc) is 3.92. The van der Waals surface area contributed by atoms with Crippen LogP contribution in [0, 0.1) is 6.92 Å². The van der Waals surface area contributed by atoms with Crippen molar-refractivity contribution in [3.8, 4) is 23.1 Å². The summed E-state index contributed by atoms with van der Waals surface area (Å²) < 4.78 is 38.1. The Kier molecular flexibility index (Phi) is 10.5. The van der Waals surface area contributed by atoms with Gasteiger partial charge in [0.15, 0.2) is 6.23 Å². The summed E-state index contributed by atoms with van der Waals surface area (Å²) >= 11 is 0. The molecule has 1 N–H and O–H groups in total. The number of nitrogens with zero attached hydrogens (tertiary/aromatic N) is 7. The number of methoxy groups -OCH3 is 2. The molecule has 6 heterocycles. The third-order valence-electron chi connectivity index (χ3n) is 11.1. The zero-order chi connectivity index (χ0) is 39.6. The van der Waals surface area contributed by atoms with Gasteiger partial charge in [-0.25, -0.2) is 19.4 Å². The van der Waals surface area contributed by atoms with E-state index in [1.807, 2.05) is 78.5 Å². The molecule has 0 aliphatic carbocycles. The molecule has 3 aromatic carbocycles. The van der Waals surface area contributed by atoms with Crippen LogP contribution < -0.4 is 24.4 Å². The summed E-state index contributed by atoms with van der Waals surface area (Å²) in [5.41, 5.74) is 4.30. The Bertz CT molecular complexity index is 2420. The van der Waals surface area contributed by atoms with E-state index in [0.29, 0.717) is 85.1 Å². The molecule has 3 aliphatic heterocycles. The number of ether oxygens (including phenoxy) is 6. The number of amides is 1. The van der Waals surface area contributed by atoms with Crippen LogP contribution in [0.15, 0.2) is 79.3 Å². The summed E-state index contributed by atoms with van der Waals surface area (Å²) in [6.45, 7) is 5.16. The summed E-state index contributed by atoms with van der Waals surface area (Å²) in [5, 5.41) is 9.72. The maximum Gasteiger partial charge on any atom is 0.410 e. The number of aryl methyl sites for hydroxylation is 1. The van der Waals surface area contributed by atoms with E-state index in [-0.39, 0.29) is 31.1 Å². The van der Waals surface area contributed by atoms with Crippen molar-refractivity contribution in [2.45, 2.75) is 57.7 Å². The number of rotatable bonds is 11. The van der Waals surface area contributed by atoms with E-state index in [1.165, 1.54) is 6.33 Å². The molecule has 15 heteroatoms. The van der Waals surface area contributed by atoms with Gasteiger partial charge >= 0.3 is 6.09 Å². The first kappa shape index (κ1) is 37.4. The van der Waals surface area contributed by atoms with Gasteiger partial charge in [0.25, 0.3) is 0 Å². The van der Waals surface area contributed by atoms with Gasteiger partial charge in [0, 0.05) is 50.5 Å². The van der Waals surface area contributed by atoms with Gasteiger partial charge < -0.3 is 38.6 Å². The van der Waals surface area contributed by atoms with Crippen LogP contribution in [0.3, 0.4) is 0 Å². The summed E-state index contributed by atoms with van der Waals surface area (Å²) in [4.78, 5) is 32.0. The molecule has 0 bridgehead atoms. The third-order valence-corrected chi connectivity index (χ3v) is 11.1. The lowest BCUT2D eigenvalue weighted by atomic mass is 10.1. The highest BCUT2D eigenvalue weighted by Crippen LogP contribution is 2.41. The largest absolute Gasteiger partial charge is 0.497 e. The number of carbonyl (C=O) groups excluding carboxylic acids is 1. The SMILES string of the molecule is COc1ccc(CNc2ncnc3cc(N4C[C@@H]5OCCN(C(=O)OCc6ccccc6)[C@H]5C4)nc(Oc4c(C)ccc5c4cnn5C4CCCCO4)c23)c(OC)c1. The molecule has 3 saturated heterocycles. The Morgan fingerprint density at radius 2 is 1.86 bits per heavy atom. The van der Waals surface area contributed by atoms with Crippen molar-refractivity contribution < 1.29 is 33.2 Å². The minimum atomic E-state index is -0.362. The summed E-state index contributed by atoms with van der Waals surface area (Å²) in [6.07, 6.45) is 5.65. The Balaban J connectivity index is 1.06. The van der Waals surface area contributed by atoms with Crippen LogP contribution in [-0.2, 0) is 27.4 Å². The first-order chi connectivity index (χ1) is 28.5. The van der Waals surface area contributed by atoms with E-state index < -0.39 is 0 Å². The fourth-order valence-corrected chi connectivity index (χ4v) is 8.07. The molecule has 0 radical (unpaired) electrons. The molecule has 3 atom stereocenters. The molecule has 15 nitrogen and oxygen atoms in total. The Morgan fingerprint density at radius 3 is 2.69 bits per heavy atom. The van der Waals surface area contributed by atoms with Crippen molar-refractivity contribution in [2.24, 2.45) is 0 Å². The molecule has 3 aromatic heterocycles. The molecule has 1 amide bonds. The fraction of sp³-hybridized carbons (Fsp3) is 0.372. The molecule has 0 spiro atoms. The van der Waals surface area contributed by atoms with Crippen molar-refractivity contribution in [1.82, 2.24) is 29.6 Å². The molecular weight excluding hydrogens is 741 g/mol. The predicted molar refractivity (Wildman–Crippen MR) is 217 cm³/mol. The summed E-state index contributed by atoms with van der Waals surface area (Å²) in [6, 6.07) is 21.2. The van der Waals surface area contributed by atoms with Gasteiger partial charge in [0.1, 0.15) is 47.2 Å². The first-order valence-electron chi connectivity index (χ1n) is 19.7. The quantitative estimate of drug-likeness (QED) is 0.144. The maximum absolute atomic E-state index is 13.4. The smallest absolute Gasteiger partial charge is 0.410 e. The Labute approximate surface area is 335 Å². The lowest BCUT2D eigenvalue weighted by Crippen LogP contribution is -2.53. The number of nitrogens with one attached hydrogen (secondary N) is 1. The molecule has 0 saturated carbocycles. The number of carbonyl (C=O) groups is 1. The van der Waals surface area contributed by atoms with E-state index in [2.05, 4.69) is 21.3 Å². The van der Waals surface area contributed by atoms with E-state index in [9.17, 15) is 4.79 Å². The minimum Gasteiger partial charge on any atom is -0.497 e. The number of hydrogen-bond donors (Lipinski definition) is 1. The highest BCUT2D eigenvalue weighted by Gasteiger charge is 2.43. The van der Waals surface area contributed by atoms with Gasteiger partial charge in [0.05, 0.1) is 55.6 Å². The number of anilines is 2. The van der Waals surface area contributed by atoms with E-state index in [0.717, 1.165) is 46.9 Å². The maximum atomic E-state index is 13.4. The third kappa shape index (κ3) is 7.38. The second kappa shape index (κ2) is 16.3. The van der Waals surface area contributed by atoms with Crippen molar-refractivity contribution in [3.63, 3.8) is 0 Å². The number of aromatic nitrogens is 5. The van der Waals surface area contributed by atoms with Gasteiger partial charge in [-0.3, -0.25) is 4.90 Å². The molecule has 3 aliphatic rings. The van der Waals surface area contributed by atoms with E-state index >= 15 is 0 Å². The minimum absolute atomic E-state index is 0.139. The Hall–Kier alpha value is -6.19. The van der Waals surface area contributed by atoms with Crippen LogP contribution in [0.25, 0.3) is 21.8 Å². The van der Waals surface area contributed by atoms with Crippen LogP contribution in [0.5, 0.6) is 23.1 Å². The van der Waals surface area contributed by atoms with Crippen LogP contribution in [-0.4, -0.2) is 94.9 Å². The first-order valence-corrected chi connectivity index (χ1v) is 19.7. The molecule has 1 unspecified atom stereocenters. The van der Waals surface area contributed by atoms with Crippen LogP contribution >= 0.6 is 0 Å². The fourth-order valence-electron chi connectivity index (χ4n) is 8.07. The van der Waals surface area contributed by atoms with Gasteiger partial charge in [0.2, 0.25) is 5.88 Å². The normalized spacial score (nSPS) is 19.3. The van der Waals surface area contributed by atoms with Crippen LogP contribution in [0.4, 0.5) is 16.4 Å². The van der Waals surface area contributed by atoms with Crippen molar-refractivity contribution in [1.29, 1.82) is 0 Å². The zero-order valence-electron chi connectivity index (χ0n) is 32.8. The summed E-state index contributed by atoms with van der Waals surface area (Å²) in [5.74, 6) is 3.50. The number of morpholine rings is 1. The predicted octanol–water partition coefficient (Wildman–Crippen LogP) is 7.03. The van der Waals surface area contributed by atoms with E-state index in [1.54, 1.807) is 19.1 Å². The van der Waals surface area contributed by atoms with Crippen LogP contribution in [0.2, 0.25) is 0 Å². The zero-order valence-corrected chi connectivity index (χ0v) is 32.8. The summed E-state index contributed by atoms with van der Waals surface area (Å²) in [7, 11) is 3.26. The average molecular weight is 787 g/mol. The monoisotopic (exact) mass is 786 g/mol. The van der Waals surface area contributed by atoms with Crippen molar-refractivity contribution in [2.75, 3.05) is 57.3 Å². The Morgan fingerprint density at radius 1 is 0.966 bits per heavy atom. The molecule has 300 valence electrons. The number of pyridine rings is 1. The molecule has 6 aromatic rings. The highest BCUT2D eigenvalue weighted by molar-refractivity contribution is 5.96. The molecule has 9 rings (SSSR count). The van der Waals surface area contributed by atoms with Crippen LogP contribution in [0.1, 0.15) is 42.2 Å². The highest BCUT2D eigenvalue weighted by atomic mass is 16.6. The molecule has 3 fully saturated rings. The second-order valence-electron chi connectivity index (χ2n) is 14.7. The lowest BCUT2D eigenvalue weighted by Gasteiger charge is -2.35. The van der Waals surface area contributed by atoms with Gasteiger partial charge in [-0.1, -0.05) is 36.4 Å². The topological polar surface area (TPSA) is 147 Å². The molecular formula is C43H46N8O7.